The summed E-state index contributed by atoms with van der Waals surface area (Å²) in [4.78, 5) is 13.3. The first kappa shape index (κ1) is 22.5. The van der Waals surface area contributed by atoms with Gasteiger partial charge in [-0.2, -0.15) is 0 Å². The smallest absolute Gasteiger partial charge is 0.408 e. The topological polar surface area (TPSA) is 49.8 Å². The Morgan fingerprint density at radius 3 is 2.54 bits per heavy atom. The highest BCUT2D eigenvalue weighted by molar-refractivity contribution is 9.10. The second-order valence-electron chi connectivity index (χ2n) is 7.49. The monoisotopic (exact) mass is 471 g/mol. The Balaban J connectivity index is 2.03. The van der Waals surface area contributed by atoms with E-state index in [2.05, 4.69) is 15.9 Å². The van der Waals surface area contributed by atoms with Crippen molar-refractivity contribution in [1.29, 1.82) is 0 Å². The average molecular weight is 473 g/mol. The quantitative estimate of drug-likeness (QED) is 0.470. The van der Waals surface area contributed by atoms with Gasteiger partial charge in [0.15, 0.2) is 11.6 Å². The molecule has 4 nitrogen and oxygen atoms in total. The van der Waals surface area contributed by atoms with Crippen LogP contribution in [0.5, 0.6) is 5.75 Å². The molecule has 1 N–H and O–H groups in total. The summed E-state index contributed by atoms with van der Waals surface area (Å²) in [5.41, 5.74) is 0.289. The van der Waals surface area contributed by atoms with Crippen molar-refractivity contribution in [2.24, 2.45) is 5.92 Å². The van der Waals surface area contributed by atoms with Crippen molar-refractivity contribution in [2.45, 2.75) is 39.3 Å². The van der Waals surface area contributed by atoms with Gasteiger partial charge in [0.1, 0.15) is 0 Å². The Morgan fingerprint density at radius 2 is 1.96 bits per heavy atom. The van der Waals surface area contributed by atoms with Crippen molar-refractivity contribution < 1.29 is 19.0 Å². The van der Waals surface area contributed by atoms with Gasteiger partial charge in [-0.25, -0.2) is 9.18 Å². The number of carboxylic acid groups (broad SMARTS) is 1. The number of carbonyl (C=O) groups is 1. The van der Waals surface area contributed by atoms with Gasteiger partial charge < -0.3 is 9.84 Å². The average Bonchev–Trinajstić information content (AvgIpc) is 2.58. The predicted octanol–water partition coefficient (Wildman–Crippen LogP) is 6.61. The van der Waals surface area contributed by atoms with Crippen LogP contribution >= 0.6 is 27.5 Å². The highest BCUT2D eigenvalue weighted by Crippen LogP contribution is 2.32. The summed E-state index contributed by atoms with van der Waals surface area (Å²) >= 11 is 9.24. The normalized spacial score (nSPS) is 12.5. The van der Waals surface area contributed by atoms with Crippen molar-refractivity contribution in [1.82, 2.24) is 4.90 Å². The molecular formula is C21H24BrClFNO3. The van der Waals surface area contributed by atoms with Crippen molar-refractivity contribution in [2.75, 3.05) is 6.61 Å². The van der Waals surface area contributed by atoms with Crippen LogP contribution in [0, 0.1) is 11.7 Å². The molecule has 0 radical (unpaired) electrons. The number of halogens is 3. The fourth-order valence-electron chi connectivity index (χ4n) is 3.22. The van der Waals surface area contributed by atoms with E-state index in [1.54, 1.807) is 6.07 Å². The maximum absolute atomic E-state index is 14.1. The summed E-state index contributed by atoms with van der Waals surface area (Å²) in [6.07, 6.45) is -0.439. The lowest BCUT2D eigenvalue weighted by atomic mass is 9.90. The molecule has 0 bridgehead atoms. The van der Waals surface area contributed by atoms with Gasteiger partial charge in [-0.15, -0.1) is 0 Å². The maximum atomic E-state index is 14.1. The maximum Gasteiger partial charge on any atom is 0.408 e. The van der Waals surface area contributed by atoms with E-state index < -0.39 is 17.4 Å². The van der Waals surface area contributed by atoms with Gasteiger partial charge in [0, 0.05) is 16.6 Å². The minimum absolute atomic E-state index is 0.00824. The third kappa shape index (κ3) is 6.11. The second-order valence-corrected chi connectivity index (χ2v) is 8.81. The summed E-state index contributed by atoms with van der Waals surface area (Å²) in [5.74, 6) is -0.553. The first-order chi connectivity index (χ1) is 13.1. The zero-order valence-electron chi connectivity index (χ0n) is 16.1. The molecule has 152 valence electrons. The van der Waals surface area contributed by atoms with Gasteiger partial charge in [-0.05, 0) is 43.9 Å². The standard InChI is InChI=1S/C21H24BrClFNO3/c1-14(13-28-19-17(23)9-16(22)10-18(19)24)11-21(2,3)25(20(26)27)12-15-7-5-4-6-8-15/h4-10,14H,11-13H2,1-3H3,(H,26,27). The molecule has 1 atom stereocenters. The lowest BCUT2D eigenvalue weighted by Crippen LogP contribution is -2.48. The number of benzene rings is 2. The van der Waals surface area contributed by atoms with Crippen LogP contribution < -0.4 is 4.74 Å². The molecular weight excluding hydrogens is 449 g/mol. The Bertz CT molecular complexity index is 794. The third-order valence-corrected chi connectivity index (χ3v) is 5.21. The fraction of sp³-hybridized carbons (Fsp3) is 0.381. The summed E-state index contributed by atoms with van der Waals surface area (Å²) in [6, 6.07) is 12.3. The zero-order chi connectivity index (χ0) is 20.9. The summed E-state index contributed by atoms with van der Waals surface area (Å²) < 4.78 is 20.2. The van der Waals surface area contributed by atoms with Crippen molar-refractivity contribution in [3.05, 3.63) is 63.3 Å². The predicted molar refractivity (Wildman–Crippen MR) is 112 cm³/mol. The second kappa shape index (κ2) is 9.61. The van der Waals surface area contributed by atoms with Crippen molar-refractivity contribution in [3.8, 4) is 5.75 Å². The molecule has 0 aromatic heterocycles. The van der Waals surface area contributed by atoms with E-state index in [1.807, 2.05) is 51.1 Å². The van der Waals surface area contributed by atoms with Crippen LogP contribution in [-0.2, 0) is 6.54 Å². The first-order valence-corrected chi connectivity index (χ1v) is 10.1. The SMILES string of the molecule is CC(COc1c(F)cc(Br)cc1Cl)CC(C)(C)N(Cc1ccccc1)C(=O)O. The van der Waals surface area contributed by atoms with Crippen LogP contribution in [0.15, 0.2) is 46.9 Å². The summed E-state index contributed by atoms with van der Waals surface area (Å²) in [6.45, 7) is 6.22. The molecule has 1 unspecified atom stereocenters. The Kier molecular flexibility index (Phi) is 7.72. The zero-order valence-corrected chi connectivity index (χ0v) is 18.4. The highest BCUT2D eigenvalue weighted by Gasteiger charge is 2.32. The molecule has 7 heteroatoms. The highest BCUT2D eigenvalue weighted by atomic mass is 79.9. The number of rotatable bonds is 8. The van der Waals surface area contributed by atoms with Gasteiger partial charge in [-0.3, -0.25) is 4.90 Å². The van der Waals surface area contributed by atoms with Crippen LogP contribution in [0.25, 0.3) is 0 Å². The molecule has 0 fully saturated rings. The van der Waals surface area contributed by atoms with Crippen LogP contribution in [0.4, 0.5) is 9.18 Å². The minimum atomic E-state index is -0.982. The third-order valence-electron chi connectivity index (χ3n) is 4.47. The number of nitrogens with zero attached hydrogens (tertiary/aromatic N) is 1. The largest absolute Gasteiger partial charge is 0.489 e. The van der Waals surface area contributed by atoms with E-state index in [9.17, 15) is 14.3 Å². The lowest BCUT2D eigenvalue weighted by Gasteiger charge is -2.38. The molecule has 0 saturated carbocycles. The van der Waals surface area contributed by atoms with Gasteiger partial charge in [0.25, 0.3) is 0 Å². The van der Waals surface area contributed by atoms with Crippen LogP contribution in [0.1, 0.15) is 32.8 Å². The fourth-order valence-corrected chi connectivity index (χ4v) is 4.04. The van der Waals surface area contributed by atoms with Crippen molar-refractivity contribution >= 4 is 33.6 Å². The molecule has 0 aliphatic rings. The molecule has 2 aromatic rings. The Hall–Kier alpha value is -1.79. The lowest BCUT2D eigenvalue weighted by molar-refractivity contribution is 0.0685. The number of amides is 1. The minimum Gasteiger partial charge on any atom is -0.489 e. The molecule has 28 heavy (non-hydrogen) atoms. The van der Waals surface area contributed by atoms with Gasteiger partial charge in [0.05, 0.1) is 11.6 Å². The molecule has 1 amide bonds. The molecule has 0 aliphatic heterocycles. The van der Waals surface area contributed by atoms with E-state index in [1.165, 1.54) is 11.0 Å². The molecule has 2 aromatic carbocycles. The van der Waals surface area contributed by atoms with Crippen molar-refractivity contribution in [3.63, 3.8) is 0 Å². The van der Waals surface area contributed by atoms with Crippen LogP contribution in [-0.4, -0.2) is 28.2 Å². The van der Waals surface area contributed by atoms with E-state index in [0.717, 1.165) is 5.56 Å². The first-order valence-electron chi connectivity index (χ1n) is 8.92. The van der Waals surface area contributed by atoms with Gasteiger partial charge in [0.2, 0.25) is 0 Å². The molecule has 0 saturated heterocycles. The van der Waals surface area contributed by atoms with Gasteiger partial charge >= 0.3 is 6.09 Å². The van der Waals surface area contributed by atoms with Crippen LogP contribution in [0.3, 0.4) is 0 Å². The van der Waals surface area contributed by atoms with E-state index in [4.69, 9.17) is 16.3 Å². The van der Waals surface area contributed by atoms with E-state index in [0.29, 0.717) is 17.4 Å². The molecule has 0 heterocycles. The molecule has 2 rings (SSSR count). The number of hydrogen-bond acceptors (Lipinski definition) is 2. The summed E-state index contributed by atoms with van der Waals surface area (Å²) in [5, 5.41) is 9.90. The molecule has 0 aliphatic carbocycles. The number of ether oxygens (including phenoxy) is 1. The Labute approximate surface area is 178 Å². The molecule has 0 spiro atoms. The van der Waals surface area contributed by atoms with Gasteiger partial charge in [-0.1, -0.05) is 64.8 Å². The summed E-state index contributed by atoms with van der Waals surface area (Å²) in [7, 11) is 0. The van der Waals surface area contributed by atoms with E-state index >= 15 is 0 Å². The van der Waals surface area contributed by atoms with Crippen LogP contribution in [0.2, 0.25) is 5.02 Å². The Morgan fingerprint density at radius 1 is 1.32 bits per heavy atom. The van der Waals surface area contributed by atoms with E-state index in [-0.39, 0.29) is 23.3 Å². The number of hydrogen-bond donors (Lipinski definition) is 1.